The number of carbonyl (C=O) groups is 1. The second kappa shape index (κ2) is 3.91. The Hall–Kier alpha value is -0.770. The van der Waals surface area contributed by atoms with Crippen LogP contribution in [0, 0.1) is 18.9 Å². The third kappa shape index (κ3) is 2.48. The topological polar surface area (TPSA) is 32.8 Å². The molecule has 0 spiro atoms. The molecule has 2 saturated heterocycles. The van der Waals surface area contributed by atoms with Gasteiger partial charge in [0.15, 0.2) is 0 Å². The second-order valence-electron chi connectivity index (χ2n) is 5.94. The number of carbonyl (C=O) groups excluding carboxylic acids is 1. The highest BCUT2D eigenvalue weighted by molar-refractivity contribution is 5.68. The standard InChI is InChI=1S/C12H21N2O2/c1-12(2,3)16-11(15)14-7-9-5-13(4)6-10(9)8-14/h9-10H,4-8H2,1-3H3/q-1/t9-,10+. The van der Waals surface area contributed by atoms with Crippen LogP contribution in [0.25, 0.3) is 0 Å². The molecule has 2 heterocycles. The van der Waals surface area contributed by atoms with Crippen LogP contribution < -0.4 is 0 Å². The van der Waals surface area contributed by atoms with E-state index in [9.17, 15) is 4.79 Å². The Labute approximate surface area is 97.5 Å². The molecule has 2 atom stereocenters. The molecular weight excluding hydrogens is 204 g/mol. The summed E-state index contributed by atoms with van der Waals surface area (Å²) in [5.74, 6) is 1.18. The maximum atomic E-state index is 11.8. The number of nitrogens with zero attached hydrogens (tertiary/aromatic N) is 2. The molecule has 0 aliphatic carbocycles. The highest BCUT2D eigenvalue weighted by Crippen LogP contribution is 2.31. The molecule has 16 heavy (non-hydrogen) atoms. The van der Waals surface area contributed by atoms with Gasteiger partial charge in [-0.3, -0.25) is 7.05 Å². The summed E-state index contributed by atoms with van der Waals surface area (Å²) in [7, 11) is 3.95. The fourth-order valence-electron chi connectivity index (χ4n) is 2.57. The van der Waals surface area contributed by atoms with Crippen LogP contribution in [0.3, 0.4) is 0 Å². The monoisotopic (exact) mass is 225 g/mol. The molecule has 4 heteroatoms. The van der Waals surface area contributed by atoms with Gasteiger partial charge < -0.3 is 14.5 Å². The quantitative estimate of drug-likeness (QED) is 0.587. The Morgan fingerprint density at radius 3 is 2.12 bits per heavy atom. The van der Waals surface area contributed by atoms with Crippen molar-refractivity contribution in [2.24, 2.45) is 11.8 Å². The molecule has 2 aliphatic heterocycles. The summed E-state index contributed by atoms with van der Waals surface area (Å²) < 4.78 is 5.37. The first-order valence-corrected chi connectivity index (χ1v) is 5.88. The molecule has 0 unspecified atom stereocenters. The summed E-state index contributed by atoms with van der Waals surface area (Å²) in [6, 6.07) is 0. The van der Waals surface area contributed by atoms with Crippen molar-refractivity contribution in [3.8, 4) is 0 Å². The average molecular weight is 225 g/mol. The summed E-state index contributed by atoms with van der Waals surface area (Å²) in [6.07, 6.45) is -0.169. The lowest BCUT2D eigenvalue weighted by atomic mass is 10.0. The maximum absolute atomic E-state index is 11.8. The van der Waals surface area contributed by atoms with Gasteiger partial charge in [-0.25, -0.2) is 4.79 Å². The molecule has 0 aromatic heterocycles. The lowest BCUT2D eigenvalue weighted by molar-refractivity contribution is 0.0277. The molecular formula is C12H21N2O2-. The zero-order valence-electron chi connectivity index (χ0n) is 10.4. The minimum atomic E-state index is -0.396. The van der Waals surface area contributed by atoms with E-state index in [4.69, 9.17) is 4.74 Å². The van der Waals surface area contributed by atoms with Crippen molar-refractivity contribution in [2.75, 3.05) is 26.2 Å². The predicted octanol–water partition coefficient (Wildman–Crippen LogP) is 1.58. The van der Waals surface area contributed by atoms with E-state index in [0.29, 0.717) is 11.8 Å². The maximum Gasteiger partial charge on any atom is 0.410 e. The lowest BCUT2D eigenvalue weighted by Gasteiger charge is -2.26. The van der Waals surface area contributed by atoms with Gasteiger partial charge in [0.05, 0.1) is 0 Å². The minimum Gasteiger partial charge on any atom is -0.459 e. The molecule has 0 aromatic carbocycles. The molecule has 92 valence electrons. The Kier molecular flexibility index (Phi) is 2.86. The zero-order chi connectivity index (χ0) is 11.9. The van der Waals surface area contributed by atoms with E-state index in [1.807, 2.05) is 25.7 Å². The van der Waals surface area contributed by atoms with Gasteiger partial charge in [-0.2, -0.15) is 0 Å². The summed E-state index contributed by atoms with van der Waals surface area (Å²) >= 11 is 0. The first kappa shape index (κ1) is 11.7. The van der Waals surface area contributed by atoms with E-state index >= 15 is 0 Å². The average Bonchev–Trinajstić information content (AvgIpc) is 2.56. The van der Waals surface area contributed by atoms with E-state index in [2.05, 4.69) is 11.9 Å². The van der Waals surface area contributed by atoms with Gasteiger partial charge in [0.1, 0.15) is 5.60 Å². The number of fused-ring (bicyclic) bond motifs is 1. The normalized spacial score (nSPS) is 30.6. The third-order valence-corrected chi connectivity index (χ3v) is 3.21. The first-order chi connectivity index (χ1) is 7.35. The van der Waals surface area contributed by atoms with Crippen LogP contribution in [0.5, 0.6) is 0 Å². The number of rotatable bonds is 0. The Morgan fingerprint density at radius 1 is 1.19 bits per heavy atom. The van der Waals surface area contributed by atoms with Gasteiger partial charge in [-0.15, -0.1) is 0 Å². The molecule has 0 saturated carbocycles. The SMILES string of the molecule is [CH2-]N1C[C@@H]2CN(C(=O)OC(C)(C)C)C[C@@H]2C1. The van der Waals surface area contributed by atoms with Crippen molar-refractivity contribution in [1.29, 1.82) is 0 Å². The smallest absolute Gasteiger partial charge is 0.410 e. The molecule has 0 aromatic rings. The van der Waals surface area contributed by atoms with Crippen molar-refractivity contribution < 1.29 is 9.53 Å². The molecule has 2 rings (SSSR count). The summed E-state index contributed by atoms with van der Waals surface area (Å²) in [5, 5.41) is 0. The van der Waals surface area contributed by atoms with Gasteiger partial charge in [0.25, 0.3) is 0 Å². The van der Waals surface area contributed by atoms with Crippen LogP contribution in [-0.2, 0) is 4.74 Å². The van der Waals surface area contributed by atoms with Crippen LogP contribution in [0.1, 0.15) is 20.8 Å². The number of amides is 1. The van der Waals surface area contributed by atoms with E-state index in [0.717, 1.165) is 26.2 Å². The largest absolute Gasteiger partial charge is 0.459 e. The van der Waals surface area contributed by atoms with E-state index in [1.54, 1.807) is 0 Å². The summed E-state index contributed by atoms with van der Waals surface area (Å²) in [6.45, 7) is 9.36. The first-order valence-electron chi connectivity index (χ1n) is 5.88. The van der Waals surface area contributed by atoms with Crippen molar-refractivity contribution in [3.63, 3.8) is 0 Å². The summed E-state index contributed by atoms with van der Waals surface area (Å²) in [5.41, 5.74) is -0.396. The number of hydrogen-bond donors (Lipinski definition) is 0. The fraction of sp³-hybridized carbons (Fsp3) is 0.833. The second-order valence-corrected chi connectivity index (χ2v) is 5.94. The molecule has 4 nitrogen and oxygen atoms in total. The lowest BCUT2D eigenvalue weighted by Crippen LogP contribution is -2.37. The van der Waals surface area contributed by atoms with Crippen molar-refractivity contribution in [1.82, 2.24) is 9.80 Å². The fourth-order valence-corrected chi connectivity index (χ4v) is 2.57. The number of hydrogen-bond acceptors (Lipinski definition) is 3. The van der Waals surface area contributed by atoms with Crippen LogP contribution in [0.4, 0.5) is 4.79 Å². The van der Waals surface area contributed by atoms with E-state index < -0.39 is 5.60 Å². The predicted molar refractivity (Wildman–Crippen MR) is 61.7 cm³/mol. The van der Waals surface area contributed by atoms with Crippen molar-refractivity contribution >= 4 is 6.09 Å². The molecule has 0 radical (unpaired) electrons. The third-order valence-electron chi connectivity index (χ3n) is 3.21. The van der Waals surface area contributed by atoms with Crippen LogP contribution in [0.2, 0.25) is 0 Å². The molecule has 2 aliphatic rings. The van der Waals surface area contributed by atoms with Gasteiger partial charge >= 0.3 is 6.09 Å². The Bertz CT molecular complexity index is 271. The van der Waals surface area contributed by atoms with Crippen LogP contribution in [0.15, 0.2) is 0 Å². The zero-order valence-corrected chi connectivity index (χ0v) is 10.4. The van der Waals surface area contributed by atoms with Gasteiger partial charge in [0.2, 0.25) is 0 Å². The van der Waals surface area contributed by atoms with Crippen LogP contribution >= 0.6 is 0 Å². The van der Waals surface area contributed by atoms with E-state index in [-0.39, 0.29) is 6.09 Å². The highest BCUT2D eigenvalue weighted by Gasteiger charge is 2.39. The summed E-state index contributed by atoms with van der Waals surface area (Å²) in [4.78, 5) is 15.8. The Morgan fingerprint density at radius 2 is 1.69 bits per heavy atom. The van der Waals surface area contributed by atoms with Gasteiger partial charge in [0, 0.05) is 13.1 Å². The van der Waals surface area contributed by atoms with Crippen molar-refractivity contribution in [2.45, 2.75) is 26.4 Å². The van der Waals surface area contributed by atoms with Crippen molar-refractivity contribution in [3.05, 3.63) is 7.05 Å². The molecule has 0 N–H and O–H groups in total. The van der Waals surface area contributed by atoms with Crippen LogP contribution in [-0.4, -0.2) is 47.7 Å². The molecule has 0 bridgehead atoms. The number of ether oxygens (including phenoxy) is 1. The van der Waals surface area contributed by atoms with Gasteiger partial charge in [-0.1, -0.05) is 0 Å². The molecule has 1 amide bonds. The Balaban J connectivity index is 1.88. The molecule has 2 fully saturated rings. The number of likely N-dealkylation sites (tertiary alicyclic amines) is 2. The highest BCUT2D eigenvalue weighted by atomic mass is 16.6. The van der Waals surface area contributed by atoms with Gasteiger partial charge in [-0.05, 0) is 45.7 Å². The van der Waals surface area contributed by atoms with E-state index in [1.165, 1.54) is 0 Å². The minimum absolute atomic E-state index is 0.169.